The Kier molecular flexibility index (Phi) is 3.32. The first kappa shape index (κ1) is 12.4. The minimum Gasteiger partial charge on any atom is -0.394 e. The van der Waals surface area contributed by atoms with Crippen LogP contribution in [0.1, 0.15) is 37.4 Å². The maximum Gasteiger partial charge on any atom is 0.169 e. The van der Waals surface area contributed by atoms with E-state index in [4.69, 9.17) is 21.1 Å². The van der Waals surface area contributed by atoms with Crippen LogP contribution in [-0.4, -0.2) is 23.6 Å². The molecule has 0 radical (unpaired) electrons. The predicted octanol–water partition coefficient (Wildman–Crippen LogP) is 3.06. The predicted molar refractivity (Wildman–Crippen MR) is 68.4 cm³/mol. The number of benzene rings is 1. The number of hydrogen-bond donors (Lipinski definition) is 1. The number of ether oxygens (including phenoxy) is 2. The van der Waals surface area contributed by atoms with E-state index in [2.05, 4.69) is 0 Å². The third kappa shape index (κ3) is 2.05. The van der Waals surface area contributed by atoms with Gasteiger partial charge in [0, 0.05) is 23.4 Å². The van der Waals surface area contributed by atoms with Gasteiger partial charge < -0.3 is 14.6 Å². The van der Waals surface area contributed by atoms with Crippen LogP contribution in [0.3, 0.4) is 0 Å². The third-order valence-corrected chi connectivity index (χ3v) is 4.15. The summed E-state index contributed by atoms with van der Waals surface area (Å²) < 4.78 is 12.1. The smallest absolute Gasteiger partial charge is 0.169 e. The minimum atomic E-state index is -0.489. The monoisotopic (exact) mass is 268 g/mol. The van der Waals surface area contributed by atoms with Crippen molar-refractivity contribution >= 4 is 11.6 Å². The van der Waals surface area contributed by atoms with Gasteiger partial charge in [-0.25, -0.2) is 0 Å². The summed E-state index contributed by atoms with van der Waals surface area (Å²) >= 11 is 6.20. The van der Waals surface area contributed by atoms with Gasteiger partial charge in [0.15, 0.2) is 5.79 Å². The molecule has 2 atom stereocenters. The summed E-state index contributed by atoms with van der Waals surface area (Å²) in [7, 11) is 0. The zero-order valence-corrected chi connectivity index (χ0v) is 10.9. The zero-order valence-electron chi connectivity index (χ0n) is 10.1. The number of hydrogen-bond acceptors (Lipinski definition) is 3. The molecule has 1 aromatic carbocycles. The molecule has 3 rings (SSSR count). The summed E-state index contributed by atoms with van der Waals surface area (Å²) in [6.45, 7) is -0.0440. The fourth-order valence-corrected chi connectivity index (χ4v) is 3.17. The molecule has 1 aromatic rings. The fraction of sp³-hybridized carbons (Fsp3) is 0.571. The van der Waals surface area contributed by atoms with Crippen molar-refractivity contribution in [2.24, 2.45) is 0 Å². The highest BCUT2D eigenvalue weighted by Gasteiger charge is 2.49. The van der Waals surface area contributed by atoms with E-state index in [0.29, 0.717) is 5.02 Å². The normalized spacial score (nSPS) is 30.1. The van der Waals surface area contributed by atoms with Crippen molar-refractivity contribution in [3.05, 3.63) is 34.9 Å². The van der Waals surface area contributed by atoms with E-state index in [-0.39, 0.29) is 18.8 Å². The Balaban J connectivity index is 1.89. The first-order valence-corrected chi connectivity index (χ1v) is 6.83. The van der Waals surface area contributed by atoms with Crippen LogP contribution in [0.2, 0.25) is 5.02 Å². The van der Waals surface area contributed by atoms with E-state index < -0.39 is 5.79 Å². The topological polar surface area (TPSA) is 38.7 Å². The minimum absolute atomic E-state index is 0.0440. The van der Waals surface area contributed by atoms with E-state index in [1.807, 2.05) is 24.3 Å². The number of aliphatic hydroxyl groups excluding tert-OH is 1. The summed E-state index contributed by atoms with van der Waals surface area (Å²) in [6.07, 6.45) is 3.47. The average Bonchev–Trinajstić information content (AvgIpc) is 2.98. The van der Waals surface area contributed by atoms with E-state index in [1.165, 1.54) is 0 Å². The maximum absolute atomic E-state index is 9.48. The summed E-state index contributed by atoms with van der Waals surface area (Å²) in [5, 5.41) is 10.2. The standard InChI is InChI=1S/C14H17ClO3/c15-11-6-2-1-5-10(11)13-12(9-16)17-14(18-13)7-3-4-8-14/h1-2,5-6,12-13,16H,3-4,7-9H2/t12-,13-/m0/s1. The van der Waals surface area contributed by atoms with Crippen LogP contribution in [0.5, 0.6) is 0 Å². The lowest BCUT2D eigenvalue weighted by Crippen LogP contribution is -2.27. The van der Waals surface area contributed by atoms with Gasteiger partial charge >= 0.3 is 0 Å². The molecule has 0 bridgehead atoms. The Labute approximate surface area is 112 Å². The van der Waals surface area contributed by atoms with Gasteiger partial charge in [-0.1, -0.05) is 29.8 Å². The lowest BCUT2D eigenvalue weighted by molar-refractivity contribution is -0.172. The third-order valence-electron chi connectivity index (χ3n) is 3.80. The van der Waals surface area contributed by atoms with Crippen molar-refractivity contribution in [3.63, 3.8) is 0 Å². The van der Waals surface area contributed by atoms with Gasteiger partial charge in [0.05, 0.1) is 6.61 Å². The molecule has 2 aliphatic rings. The van der Waals surface area contributed by atoms with E-state index >= 15 is 0 Å². The van der Waals surface area contributed by atoms with E-state index in [0.717, 1.165) is 31.2 Å². The van der Waals surface area contributed by atoms with Crippen molar-refractivity contribution in [1.82, 2.24) is 0 Å². The summed E-state index contributed by atoms with van der Waals surface area (Å²) in [5.74, 6) is -0.489. The van der Waals surface area contributed by atoms with Crippen molar-refractivity contribution in [1.29, 1.82) is 0 Å². The highest BCUT2D eigenvalue weighted by Crippen LogP contribution is 2.47. The first-order chi connectivity index (χ1) is 8.74. The molecule has 1 aliphatic carbocycles. The summed E-state index contributed by atoms with van der Waals surface area (Å²) in [4.78, 5) is 0. The van der Waals surface area contributed by atoms with Crippen molar-refractivity contribution < 1.29 is 14.6 Å². The van der Waals surface area contributed by atoms with E-state index in [9.17, 15) is 5.11 Å². The van der Waals surface area contributed by atoms with Crippen molar-refractivity contribution in [3.8, 4) is 0 Å². The Morgan fingerprint density at radius 3 is 2.61 bits per heavy atom. The molecule has 0 unspecified atom stereocenters. The molecule has 0 amide bonds. The van der Waals surface area contributed by atoms with Crippen LogP contribution in [0.25, 0.3) is 0 Å². The van der Waals surface area contributed by atoms with Crippen LogP contribution >= 0.6 is 11.6 Å². The molecule has 1 saturated heterocycles. The first-order valence-electron chi connectivity index (χ1n) is 6.45. The Morgan fingerprint density at radius 2 is 1.94 bits per heavy atom. The molecule has 98 valence electrons. The van der Waals surface area contributed by atoms with Crippen LogP contribution in [0.4, 0.5) is 0 Å². The van der Waals surface area contributed by atoms with Crippen LogP contribution in [0, 0.1) is 0 Å². The van der Waals surface area contributed by atoms with Gasteiger partial charge in [0.2, 0.25) is 0 Å². The zero-order chi connectivity index (χ0) is 12.6. The highest BCUT2D eigenvalue weighted by atomic mass is 35.5. The fourth-order valence-electron chi connectivity index (χ4n) is 2.92. The number of rotatable bonds is 2. The van der Waals surface area contributed by atoms with Gasteiger partial charge in [0.25, 0.3) is 0 Å². The number of halogens is 1. The molecule has 2 fully saturated rings. The molecule has 4 heteroatoms. The van der Waals surface area contributed by atoms with Crippen LogP contribution in [0.15, 0.2) is 24.3 Å². The lowest BCUT2D eigenvalue weighted by Gasteiger charge is -2.22. The summed E-state index contributed by atoms with van der Waals surface area (Å²) in [6, 6.07) is 7.60. The van der Waals surface area contributed by atoms with Gasteiger partial charge in [-0.2, -0.15) is 0 Å². The Morgan fingerprint density at radius 1 is 1.22 bits per heavy atom. The number of aliphatic hydroxyl groups is 1. The molecule has 1 heterocycles. The van der Waals surface area contributed by atoms with E-state index in [1.54, 1.807) is 0 Å². The molecule has 1 aliphatic heterocycles. The summed E-state index contributed by atoms with van der Waals surface area (Å²) in [5.41, 5.74) is 0.905. The maximum atomic E-state index is 9.48. The second kappa shape index (κ2) is 4.82. The van der Waals surface area contributed by atoms with Crippen LogP contribution in [-0.2, 0) is 9.47 Å². The SMILES string of the molecule is OC[C@@H]1OC2(CCCC2)O[C@H]1c1ccccc1Cl. The van der Waals surface area contributed by atoms with Gasteiger partial charge in [-0.05, 0) is 18.9 Å². The molecule has 3 nitrogen and oxygen atoms in total. The molecule has 18 heavy (non-hydrogen) atoms. The lowest BCUT2D eigenvalue weighted by atomic mass is 10.1. The molecular formula is C14H17ClO3. The molecule has 1 N–H and O–H groups in total. The molecule has 1 saturated carbocycles. The second-order valence-corrected chi connectivity index (χ2v) is 5.42. The highest BCUT2D eigenvalue weighted by molar-refractivity contribution is 6.31. The molecule has 1 spiro atoms. The van der Waals surface area contributed by atoms with Gasteiger partial charge in [0.1, 0.15) is 12.2 Å². The average molecular weight is 269 g/mol. The Bertz CT molecular complexity index is 429. The van der Waals surface area contributed by atoms with Crippen LogP contribution < -0.4 is 0 Å². The van der Waals surface area contributed by atoms with Gasteiger partial charge in [-0.15, -0.1) is 0 Å². The quantitative estimate of drug-likeness (QED) is 0.896. The largest absolute Gasteiger partial charge is 0.394 e. The second-order valence-electron chi connectivity index (χ2n) is 5.02. The van der Waals surface area contributed by atoms with Crippen molar-refractivity contribution in [2.45, 2.75) is 43.7 Å². The molecular weight excluding hydrogens is 252 g/mol. The Hall–Kier alpha value is -0.610. The van der Waals surface area contributed by atoms with Gasteiger partial charge in [-0.3, -0.25) is 0 Å². The molecule has 0 aromatic heterocycles. The van der Waals surface area contributed by atoms with Crippen molar-refractivity contribution in [2.75, 3.05) is 6.61 Å².